The summed E-state index contributed by atoms with van der Waals surface area (Å²) >= 11 is 0. The van der Waals surface area contributed by atoms with Crippen LogP contribution < -0.4 is 5.32 Å². The lowest BCUT2D eigenvalue weighted by Crippen LogP contribution is -2.39. The molecule has 20 heavy (non-hydrogen) atoms. The fourth-order valence-electron chi connectivity index (χ4n) is 1.64. The number of carboxylic acids is 1. The minimum atomic E-state index is -1.07. The minimum absolute atomic E-state index is 0.195. The number of carboxylic acid groups (broad SMARTS) is 1. The molecule has 1 amide bonds. The van der Waals surface area contributed by atoms with E-state index < -0.39 is 17.9 Å². The van der Waals surface area contributed by atoms with Crippen LogP contribution in [0.5, 0.6) is 0 Å². The van der Waals surface area contributed by atoms with Gasteiger partial charge in [-0.1, -0.05) is 37.3 Å². The number of carbonyl (C=O) groups is 2. The van der Waals surface area contributed by atoms with E-state index in [1.54, 1.807) is 6.08 Å². The Balaban J connectivity index is 2.61. The van der Waals surface area contributed by atoms with Crippen LogP contribution in [0.1, 0.15) is 24.5 Å². The van der Waals surface area contributed by atoms with Crippen molar-refractivity contribution < 1.29 is 14.7 Å². The van der Waals surface area contributed by atoms with E-state index in [1.807, 2.05) is 24.3 Å². The van der Waals surface area contributed by atoms with E-state index in [1.165, 1.54) is 17.7 Å². The van der Waals surface area contributed by atoms with Gasteiger partial charge in [0.15, 0.2) is 0 Å². The Labute approximate surface area is 118 Å². The Kier molecular flexibility index (Phi) is 6.23. The van der Waals surface area contributed by atoms with Crippen LogP contribution >= 0.6 is 0 Å². The van der Waals surface area contributed by atoms with Crippen molar-refractivity contribution >= 4 is 18.0 Å². The maximum absolute atomic E-state index is 11.6. The molecule has 106 valence electrons. The second-order valence-electron chi connectivity index (χ2n) is 4.35. The molecular weight excluding hydrogens is 254 g/mol. The summed E-state index contributed by atoms with van der Waals surface area (Å²) in [6, 6.07) is 6.89. The van der Waals surface area contributed by atoms with Gasteiger partial charge >= 0.3 is 5.97 Å². The number of aliphatic carboxylic acids is 1. The van der Waals surface area contributed by atoms with Gasteiger partial charge in [0.2, 0.25) is 5.91 Å². The Bertz CT molecular complexity index is 503. The third kappa shape index (κ3) is 5.10. The lowest BCUT2D eigenvalue weighted by atomic mass is 10.1. The maximum Gasteiger partial charge on any atom is 0.326 e. The summed E-state index contributed by atoms with van der Waals surface area (Å²) in [5.74, 6) is -1.50. The molecule has 0 bridgehead atoms. The highest BCUT2D eigenvalue weighted by Gasteiger charge is 2.16. The van der Waals surface area contributed by atoms with Gasteiger partial charge in [-0.2, -0.15) is 0 Å². The number of rotatable bonds is 7. The first-order valence-electron chi connectivity index (χ1n) is 6.48. The van der Waals surface area contributed by atoms with E-state index in [-0.39, 0.29) is 6.42 Å². The predicted molar refractivity (Wildman–Crippen MR) is 79.2 cm³/mol. The van der Waals surface area contributed by atoms with Crippen LogP contribution in [0.15, 0.2) is 43.0 Å². The van der Waals surface area contributed by atoms with Crippen LogP contribution in [0.25, 0.3) is 6.08 Å². The molecular formula is C16H19NO3. The standard InChI is InChI=1S/C16H19NO3/c1-3-5-14(16(19)20)17-15(18)11-10-13-8-6-12(4-2)7-9-13/h3,6-11,14H,1,4-5H2,2H3,(H,17,18)(H,19,20)/b11-10+. The van der Waals surface area contributed by atoms with Gasteiger partial charge in [-0.15, -0.1) is 6.58 Å². The SMILES string of the molecule is C=CCC(NC(=O)/C=C/c1ccc(CC)cc1)C(=O)O. The first-order valence-corrected chi connectivity index (χ1v) is 6.48. The molecule has 0 saturated heterocycles. The lowest BCUT2D eigenvalue weighted by molar-refractivity contribution is -0.141. The van der Waals surface area contributed by atoms with Gasteiger partial charge < -0.3 is 10.4 Å². The minimum Gasteiger partial charge on any atom is -0.480 e. The first kappa shape index (κ1) is 15.7. The number of carbonyl (C=O) groups excluding carboxylic acids is 1. The second kappa shape index (κ2) is 7.94. The Morgan fingerprint density at radius 3 is 2.50 bits per heavy atom. The molecule has 0 saturated carbocycles. The molecule has 2 N–H and O–H groups in total. The summed E-state index contributed by atoms with van der Waals surface area (Å²) in [6.07, 6.45) is 5.61. The van der Waals surface area contributed by atoms with Gasteiger partial charge in [0, 0.05) is 6.08 Å². The lowest BCUT2D eigenvalue weighted by Gasteiger charge is -2.10. The van der Waals surface area contributed by atoms with Crippen molar-refractivity contribution in [2.75, 3.05) is 0 Å². The van der Waals surface area contributed by atoms with Crippen molar-refractivity contribution in [3.63, 3.8) is 0 Å². The van der Waals surface area contributed by atoms with Gasteiger partial charge in [-0.05, 0) is 30.0 Å². The number of benzene rings is 1. The van der Waals surface area contributed by atoms with Crippen LogP contribution in [0, 0.1) is 0 Å². The summed E-state index contributed by atoms with van der Waals surface area (Å²) < 4.78 is 0. The molecule has 0 heterocycles. The summed E-state index contributed by atoms with van der Waals surface area (Å²) in [5, 5.41) is 11.3. The molecule has 4 nitrogen and oxygen atoms in total. The van der Waals surface area contributed by atoms with E-state index in [4.69, 9.17) is 5.11 Å². The average Bonchev–Trinajstić information content (AvgIpc) is 2.45. The number of aryl methyl sites for hydroxylation is 1. The Hall–Kier alpha value is -2.36. The Morgan fingerprint density at radius 1 is 1.35 bits per heavy atom. The number of nitrogens with one attached hydrogen (secondary N) is 1. The van der Waals surface area contributed by atoms with Crippen LogP contribution in [0.4, 0.5) is 0 Å². The predicted octanol–water partition coefficient (Wildman–Crippen LogP) is 2.41. The van der Waals surface area contributed by atoms with E-state index in [0.717, 1.165) is 12.0 Å². The summed E-state index contributed by atoms with van der Waals surface area (Å²) in [6.45, 7) is 5.54. The monoisotopic (exact) mass is 273 g/mol. The molecule has 0 fully saturated rings. The van der Waals surface area contributed by atoms with Gasteiger partial charge in [-0.25, -0.2) is 4.79 Å². The maximum atomic E-state index is 11.6. The van der Waals surface area contributed by atoms with Crippen molar-refractivity contribution in [1.29, 1.82) is 0 Å². The topological polar surface area (TPSA) is 66.4 Å². The number of hydrogen-bond donors (Lipinski definition) is 2. The zero-order valence-corrected chi connectivity index (χ0v) is 11.5. The summed E-state index contributed by atoms with van der Waals surface area (Å²) in [4.78, 5) is 22.5. The summed E-state index contributed by atoms with van der Waals surface area (Å²) in [7, 11) is 0. The third-order valence-corrected chi connectivity index (χ3v) is 2.83. The molecule has 0 radical (unpaired) electrons. The molecule has 1 rings (SSSR count). The quantitative estimate of drug-likeness (QED) is 0.592. The highest BCUT2D eigenvalue weighted by molar-refractivity contribution is 5.94. The molecule has 1 aromatic rings. The highest BCUT2D eigenvalue weighted by atomic mass is 16.4. The molecule has 0 aliphatic carbocycles. The highest BCUT2D eigenvalue weighted by Crippen LogP contribution is 2.06. The fourth-order valence-corrected chi connectivity index (χ4v) is 1.64. The molecule has 0 spiro atoms. The van der Waals surface area contributed by atoms with Crippen molar-refractivity contribution in [3.05, 3.63) is 54.1 Å². The van der Waals surface area contributed by atoms with Gasteiger partial charge in [-0.3, -0.25) is 4.79 Å². The van der Waals surface area contributed by atoms with Gasteiger partial charge in [0.25, 0.3) is 0 Å². The molecule has 1 atom stereocenters. The van der Waals surface area contributed by atoms with Gasteiger partial charge in [0.05, 0.1) is 0 Å². The molecule has 4 heteroatoms. The smallest absolute Gasteiger partial charge is 0.326 e. The first-order chi connectivity index (χ1) is 9.56. The van der Waals surface area contributed by atoms with Crippen molar-refractivity contribution in [2.24, 2.45) is 0 Å². The van der Waals surface area contributed by atoms with E-state index in [0.29, 0.717) is 0 Å². The molecule has 1 aromatic carbocycles. The molecule has 0 aromatic heterocycles. The summed E-state index contributed by atoms with van der Waals surface area (Å²) in [5.41, 5.74) is 2.12. The van der Waals surface area contributed by atoms with Crippen LogP contribution in [-0.4, -0.2) is 23.0 Å². The normalized spacial score (nSPS) is 12.1. The third-order valence-electron chi connectivity index (χ3n) is 2.83. The van der Waals surface area contributed by atoms with Crippen molar-refractivity contribution in [2.45, 2.75) is 25.8 Å². The van der Waals surface area contributed by atoms with E-state index in [9.17, 15) is 9.59 Å². The fraction of sp³-hybridized carbons (Fsp3) is 0.250. The average molecular weight is 273 g/mol. The molecule has 1 unspecified atom stereocenters. The number of hydrogen-bond acceptors (Lipinski definition) is 2. The van der Waals surface area contributed by atoms with E-state index in [2.05, 4.69) is 18.8 Å². The number of amides is 1. The zero-order chi connectivity index (χ0) is 15.0. The zero-order valence-electron chi connectivity index (χ0n) is 11.5. The van der Waals surface area contributed by atoms with Crippen LogP contribution in [0.3, 0.4) is 0 Å². The van der Waals surface area contributed by atoms with Crippen LogP contribution in [0.2, 0.25) is 0 Å². The van der Waals surface area contributed by atoms with Gasteiger partial charge in [0.1, 0.15) is 6.04 Å². The molecule has 0 aliphatic heterocycles. The largest absolute Gasteiger partial charge is 0.480 e. The van der Waals surface area contributed by atoms with Crippen LogP contribution in [-0.2, 0) is 16.0 Å². The Morgan fingerprint density at radius 2 is 2.00 bits per heavy atom. The van der Waals surface area contributed by atoms with Crippen molar-refractivity contribution in [1.82, 2.24) is 5.32 Å². The van der Waals surface area contributed by atoms with Crippen molar-refractivity contribution in [3.8, 4) is 0 Å². The second-order valence-corrected chi connectivity index (χ2v) is 4.35. The van der Waals surface area contributed by atoms with E-state index >= 15 is 0 Å². The molecule has 0 aliphatic rings.